The van der Waals surface area contributed by atoms with Crippen LogP contribution in [-0.2, 0) is 20.9 Å². The summed E-state index contributed by atoms with van der Waals surface area (Å²) in [7, 11) is 0. The molecule has 2 aromatic rings. The monoisotopic (exact) mass is 457 g/mol. The van der Waals surface area contributed by atoms with E-state index in [1.807, 2.05) is 50.2 Å². The first-order valence-corrected chi connectivity index (χ1v) is 11.3. The summed E-state index contributed by atoms with van der Waals surface area (Å²) in [5, 5.41) is 5.62. The molecule has 7 nitrogen and oxygen atoms in total. The van der Waals surface area contributed by atoms with E-state index in [9.17, 15) is 14.0 Å². The predicted molar refractivity (Wildman–Crippen MR) is 123 cm³/mol. The number of amides is 2. The Bertz CT molecular complexity index is 904. The molecule has 0 radical (unpaired) electrons. The summed E-state index contributed by atoms with van der Waals surface area (Å²) in [5.41, 5.74) is 1.65. The molecule has 1 unspecified atom stereocenters. The van der Waals surface area contributed by atoms with E-state index in [1.165, 1.54) is 12.1 Å². The van der Waals surface area contributed by atoms with Gasteiger partial charge in [0.1, 0.15) is 18.5 Å². The van der Waals surface area contributed by atoms with E-state index in [0.717, 1.165) is 11.1 Å². The van der Waals surface area contributed by atoms with Crippen molar-refractivity contribution in [3.05, 3.63) is 71.5 Å². The van der Waals surface area contributed by atoms with Gasteiger partial charge < -0.3 is 20.1 Å². The van der Waals surface area contributed by atoms with Gasteiger partial charge in [0.05, 0.1) is 19.3 Å². The Morgan fingerprint density at radius 1 is 1.09 bits per heavy atom. The number of hydrogen-bond acceptors (Lipinski definition) is 5. The number of carbonyl (C=O) groups is 2. The molecule has 0 spiro atoms. The molecule has 2 amide bonds. The molecule has 1 fully saturated rings. The first-order chi connectivity index (χ1) is 15.9. The zero-order valence-corrected chi connectivity index (χ0v) is 19.1. The van der Waals surface area contributed by atoms with Crippen LogP contribution in [0.25, 0.3) is 0 Å². The molecule has 1 aliphatic heterocycles. The predicted octanol–water partition coefficient (Wildman–Crippen LogP) is 3.27. The SMILES string of the molecule is CC(C)[C@H](NC(=O)OCc1ccccc1)C(=O)NCC(c1cccc(F)c1)N1CCOCC1. The Morgan fingerprint density at radius 3 is 2.48 bits per heavy atom. The molecule has 0 aromatic heterocycles. The van der Waals surface area contributed by atoms with Crippen molar-refractivity contribution in [3.63, 3.8) is 0 Å². The molecule has 8 heteroatoms. The maximum Gasteiger partial charge on any atom is 0.408 e. The van der Waals surface area contributed by atoms with Crippen LogP contribution in [0.4, 0.5) is 9.18 Å². The van der Waals surface area contributed by atoms with Gasteiger partial charge >= 0.3 is 6.09 Å². The van der Waals surface area contributed by atoms with Gasteiger partial charge in [-0.1, -0.05) is 56.3 Å². The van der Waals surface area contributed by atoms with E-state index >= 15 is 0 Å². The minimum Gasteiger partial charge on any atom is -0.445 e. The third-order valence-electron chi connectivity index (χ3n) is 5.62. The van der Waals surface area contributed by atoms with Gasteiger partial charge in [-0.2, -0.15) is 0 Å². The fraction of sp³-hybridized carbons (Fsp3) is 0.440. The molecule has 0 saturated carbocycles. The normalized spacial score (nSPS) is 16.1. The largest absolute Gasteiger partial charge is 0.445 e. The maximum absolute atomic E-state index is 13.9. The molecule has 1 heterocycles. The summed E-state index contributed by atoms with van der Waals surface area (Å²) < 4.78 is 24.6. The summed E-state index contributed by atoms with van der Waals surface area (Å²) in [4.78, 5) is 27.5. The van der Waals surface area contributed by atoms with Crippen LogP contribution in [0.5, 0.6) is 0 Å². The van der Waals surface area contributed by atoms with Crippen molar-refractivity contribution in [1.82, 2.24) is 15.5 Å². The van der Waals surface area contributed by atoms with E-state index in [1.54, 1.807) is 6.07 Å². The topological polar surface area (TPSA) is 79.9 Å². The van der Waals surface area contributed by atoms with Crippen molar-refractivity contribution in [2.45, 2.75) is 32.5 Å². The zero-order valence-electron chi connectivity index (χ0n) is 19.1. The summed E-state index contributed by atoms with van der Waals surface area (Å²) in [6.45, 7) is 6.67. The van der Waals surface area contributed by atoms with E-state index in [4.69, 9.17) is 9.47 Å². The fourth-order valence-electron chi connectivity index (χ4n) is 3.79. The van der Waals surface area contributed by atoms with Crippen molar-refractivity contribution < 1.29 is 23.5 Å². The first-order valence-electron chi connectivity index (χ1n) is 11.3. The third kappa shape index (κ3) is 7.54. The van der Waals surface area contributed by atoms with Crippen LogP contribution < -0.4 is 10.6 Å². The highest BCUT2D eigenvalue weighted by Gasteiger charge is 2.28. The number of nitrogens with zero attached hydrogens (tertiary/aromatic N) is 1. The summed E-state index contributed by atoms with van der Waals surface area (Å²) in [6.07, 6.45) is -0.650. The average Bonchev–Trinajstić information content (AvgIpc) is 2.82. The van der Waals surface area contributed by atoms with E-state index in [-0.39, 0.29) is 36.8 Å². The summed E-state index contributed by atoms with van der Waals surface area (Å²) >= 11 is 0. The van der Waals surface area contributed by atoms with Crippen LogP contribution in [0.2, 0.25) is 0 Å². The molecule has 3 rings (SSSR count). The van der Waals surface area contributed by atoms with Gasteiger partial charge in [0.15, 0.2) is 0 Å². The molecule has 2 atom stereocenters. The van der Waals surface area contributed by atoms with Crippen molar-refractivity contribution in [2.24, 2.45) is 5.92 Å². The van der Waals surface area contributed by atoms with Gasteiger partial charge in [-0.3, -0.25) is 9.69 Å². The van der Waals surface area contributed by atoms with Crippen LogP contribution in [0, 0.1) is 11.7 Å². The summed E-state index contributed by atoms with van der Waals surface area (Å²) in [5.74, 6) is -0.776. The lowest BCUT2D eigenvalue weighted by atomic mass is 10.0. The highest BCUT2D eigenvalue weighted by atomic mass is 19.1. The van der Waals surface area contributed by atoms with Gasteiger partial charge in [0.25, 0.3) is 0 Å². The van der Waals surface area contributed by atoms with Gasteiger partial charge in [0, 0.05) is 19.6 Å². The van der Waals surface area contributed by atoms with Crippen molar-refractivity contribution in [3.8, 4) is 0 Å². The Hall–Kier alpha value is -2.97. The minimum absolute atomic E-state index is 0.123. The van der Waals surface area contributed by atoms with Crippen molar-refractivity contribution in [2.75, 3.05) is 32.8 Å². The Morgan fingerprint density at radius 2 is 1.82 bits per heavy atom. The van der Waals surface area contributed by atoms with Gasteiger partial charge in [-0.25, -0.2) is 9.18 Å². The second-order valence-electron chi connectivity index (χ2n) is 8.39. The van der Waals surface area contributed by atoms with Crippen LogP contribution >= 0.6 is 0 Å². The van der Waals surface area contributed by atoms with Crippen molar-refractivity contribution in [1.29, 1.82) is 0 Å². The smallest absolute Gasteiger partial charge is 0.408 e. The van der Waals surface area contributed by atoms with Gasteiger partial charge in [0.2, 0.25) is 5.91 Å². The quantitative estimate of drug-likeness (QED) is 0.604. The number of ether oxygens (including phenoxy) is 2. The van der Waals surface area contributed by atoms with E-state index < -0.39 is 12.1 Å². The number of halogens is 1. The highest BCUT2D eigenvalue weighted by Crippen LogP contribution is 2.22. The fourth-order valence-corrected chi connectivity index (χ4v) is 3.79. The number of hydrogen-bond donors (Lipinski definition) is 2. The summed E-state index contributed by atoms with van der Waals surface area (Å²) in [6, 6.07) is 14.8. The minimum atomic E-state index is -0.758. The van der Waals surface area contributed by atoms with Gasteiger partial charge in [-0.15, -0.1) is 0 Å². The molecular formula is C25H32FN3O4. The lowest BCUT2D eigenvalue weighted by Crippen LogP contribution is -2.52. The lowest BCUT2D eigenvalue weighted by molar-refractivity contribution is -0.124. The number of carbonyl (C=O) groups excluding carboxylic acids is 2. The highest BCUT2D eigenvalue weighted by molar-refractivity contribution is 5.85. The Labute approximate surface area is 194 Å². The zero-order chi connectivity index (χ0) is 23.6. The molecule has 0 bridgehead atoms. The number of benzene rings is 2. The number of alkyl carbamates (subject to hydrolysis) is 1. The molecular weight excluding hydrogens is 425 g/mol. The van der Waals surface area contributed by atoms with Crippen LogP contribution in [0.3, 0.4) is 0 Å². The molecule has 2 N–H and O–H groups in total. The molecule has 1 saturated heterocycles. The second kappa shape index (κ2) is 12.3. The average molecular weight is 458 g/mol. The number of rotatable bonds is 9. The van der Waals surface area contributed by atoms with E-state index in [2.05, 4.69) is 15.5 Å². The standard InChI is InChI=1S/C25H32FN3O4/c1-18(2)23(28-25(31)33-17-19-7-4-3-5-8-19)24(30)27-16-22(29-11-13-32-14-12-29)20-9-6-10-21(26)15-20/h3-10,15,18,22-23H,11-14,16-17H2,1-2H3,(H,27,30)(H,28,31)/t22?,23-/m0/s1. The Kier molecular flexibility index (Phi) is 9.21. The molecule has 0 aliphatic carbocycles. The Balaban J connectivity index is 1.60. The van der Waals surface area contributed by atoms with Crippen molar-refractivity contribution >= 4 is 12.0 Å². The lowest BCUT2D eigenvalue weighted by Gasteiger charge is -2.35. The first kappa shape index (κ1) is 24.7. The van der Waals surface area contributed by atoms with Crippen LogP contribution in [-0.4, -0.2) is 55.8 Å². The molecule has 33 heavy (non-hydrogen) atoms. The third-order valence-corrected chi connectivity index (χ3v) is 5.62. The van der Waals surface area contributed by atoms with Gasteiger partial charge in [-0.05, 0) is 29.2 Å². The second-order valence-corrected chi connectivity index (χ2v) is 8.39. The number of nitrogens with one attached hydrogen (secondary N) is 2. The molecule has 178 valence electrons. The molecule has 1 aliphatic rings. The molecule has 2 aromatic carbocycles. The maximum atomic E-state index is 13.9. The number of morpholine rings is 1. The van der Waals surface area contributed by atoms with Crippen LogP contribution in [0.1, 0.15) is 31.0 Å². The van der Waals surface area contributed by atoms with E-state index in [0.29, 0.717) is 26.3 Å². The van der Waals surface area contributed by atoms with Crippen LogP contribution in [0.15, 0.2) is 54.6 Å².